The maximum atomic E-state index is 13.4. The summed E-state index contributed by atoms with van der Waals surface area (Å²) in [4.78, 5) is 28.6. The molecule has 3 fully saturated rings. The Morgan fingerprint density at radius 1 is 0.956 bits per heavy atom. The normalized spacial score (nSPS) is 20.7. The number of benzene rings is 1. The molecule has 248 valence electrons. The zero-order chi connectivity index (χ0) is 32.1. The molecule has 12 heteroatoms. The first-order valence-corrected chi connectivity index (χ1v) is 18.1. The fourth-order valence-electron chi connectivity index (χ4n) is 7.31. The van der Waals surface area contributed by atoms with Gasteiger partial charge in [0.05, 0.1) is 16.3 Å². The third kappa shape index (κ3) is 7.96. The number of sulfonamides is 1. The molecule has 2 aromatic rings. The van der Waals surface area contributed by atoms with Crippen molar-refractivity contribution in [2.24, 2.45) is 5.92 Å². The van der Waals surface area contributed by atoms with Crippen molar-refractivity contribution in [3.63, 3.8) is 0 Å². The quantitative estimate of drug-likeness (QED) is 0.380. The lowest BCUT2D eigenvalue weighted by Gasteiger charge is -2.36. The van der Waals surface area contributed by atoms with Crippen LogP contribution in [0.4, 0.5) is 0 Å². The fourth-order valence-corrected chi connectivity index (χ4v) is 8.73. The molecule has 2 saturated heterocycles. The van der Waals surface area contributed by atoms with Crippen LogP contribution in [-0.2, 0) is 26.2 Å². The average molecular weight is 643 g/mol. The summed E-state index contributed by atoms with van der Waals surface area (Å²) in [5.41, 5.74) is 3.97. The monoisotopic (exact) mass is 642 g/mol. The number of carboxylic acid groups (broad SMARTS) is 1. The molecule has 45 heavy (non-hydrogen) atoms. The van der Waals surface area contributed by atoms with E-state index in [1.54, 1.807) is 24.3 Å². The maximum Gasteiger partial charge on any atom is 0.320 e. The minimum atomic E-state index is -3.69. The summed E-state index contributed by atoms with van der Waals surface area (Å²) in [6.07, 6.45) is 9.27. The highest BCUT2D eigenvalue weighted by Crippen LogP contribution is 2.27. The van der Waals surface area contributed by atoms with Crippen LogP contribution >= 0.6 is 0 Å². The van der Waals surface area contributed by atoms with E-state index >= 15 is 0 Å². The van der Waals surface area contributed by atoms with Gasteiger partial charge in [0.1, 0.15) is 6.04 Å². The summed E-state index contributed by atoms with van der Waals surface area (Å²) in [5.74, 6) is -0.0919. The van der Waals surface area contributed by atoms with E-state index in [-0.39, 0.29) is 29.9 Å². The van der Waals surface area contributed by atoms with Crippen LogP contribution in [0.15, 0.2) is 29.2 Å². The number of nitrogens with one attached hydrogen (secondary N) is 1. The number of amides is 1. The fraction of sp³-hybridized carbons (Fsp3) is 0.667. The third-order valence-electron chi connectivity index (χ3n) is 10.1. The number of carbonyl (C=O) groups is 2. The molecule has 0 radical (unpaired) electrons. The van der Waals surface area contributed by atoms with Crippen LogP contribution in [0, 0.1) is 19.8 Å². The molecule has 2 aliphatic heterocycles. The topological polar surface area (TPSA) is 128 Å². The number of piperidine rings is 1. The zero-order valence-electron chi connectivity index (χ0n) is 27.1. The van der Waals surface area contributed by atoms with Gasteiger partial charge in [-0.15, -0.1) is 0 Å². The second-order valence-electron chi connectivity index (χ2n) is 13.1. The molecular weight excluding hydrogens is 592 g/mol. The van der Waals surface area contributed by atoms with E-state index < -0.39 is 22.0 Å². The van der Waals surface area contributed by atoms with E-state index in [1.807, 2.05) is 23.4 Å². The van der Waals surface area contributed by atoms with Gasteiger partial charge in [0.2, 0.25) is 15.9 Å². The number of hydrogen-bond acceptors (Lipinski definition) is 7. The standard InChI is InChI=1S/C33H50N6O5S/c1-4-31(33(41)42)37-18-20-38(21-19-37)45(43,44)29-12-10-28(11-13-29)39-25(3)30(24(2)35-39)23-36-16-14-27(15-17-36)34-32(40)22-26-8-6-5-7-9-26/h10-13,26-27,31H,4-9,14-23H2,1-3H3,(H,34,40)(H,41,42). The molecule has 1 aromatic carbocycles. The molecule has 3 heterocycles. The first-order chi connectivity index (χ1) is 21.6. The molecule has 2 N–H and O–H groups in total. The van der Waals surface area contributed by atoms with Gasteiger partial charge in [-0.2, -0.15) is 9.40 Å². The number of nitrogens with zero attached hydrogens (tertiary/aromatic N) is 5. The predicted molar refractivity (Wildman–Crippen MR) is 173 cm³/mol. The third-order valence-corrected chi connectivity index (χ3v) is 12.0. The summed E-state index contributed by atoms with van der Waals surface area (Å²) in [6.45, 7) is 9.86. The van der Waals surface area contributed by atoms with Gasteiger partial charge in [-0.05, 0) is 76.1 Å². The Balaban J connectivity index is 1.15. The highest BCUT2D eigenvalue weighted by molar-refractivity contribution is 7.89. The Morgan fingerprint density at radius 2 is 1.60 bits per heavy atom. The van der Waals surface area contributed by atoms with Gasteiger partial charge in [0, 0.05) is 69.5 Å². The van der Waals surface area contributed by atoms with Crippen LogP contribution in [0.3, 0.4) is 0 Å². The summed E-state index contributed by atoms with van der Waals surface area (Å²) in [7, 11) is -3.69. The molecule has 1 saturated carbocycles. The van der Waals surface area contributed by atoms with E-state index in [0.717, 1.165) is 49.6 Å². The number of likely N-dealkylation sites (tertiary alicyclic amines) is 1. The van der Waals surface area contributed by atoms with E-state index in [1.165, 1.54) is 42.0 Å². The van der Waals surface area contributed by atoms with Gasteiger partial charge in [0.25, 0.3) is 0 Å². The lowest BCUT2D eigenvalue weighted by Crippen LogP contribution is -2.53. The van der Waals surface area contributed by atoms with E-state index in [2.05, 4.69) is 17.1 Å². The predicted octanol–water partition coefficient (Wildman–Crippen LogP) is 3.71. The number of aliphatic carboxylic acids is 1. The molecule has 0 bridgehead atoms. The first kappa shape index (κ1) is 33.6. The molecule has 0 spiro atoms. The molecule has 1 aromatic heterocycles. The van der Waals surface area contributed by atoms with Crippen molar-refractivity contribution in [3.05, 3.63) is 41.2 Å². The van der Waals surface area contributed by atoms with Gasteiger partial charge >= 0.3 is 5.97 Å². The molecule has 1 aliphatic carbocycles. The van der Waals surface area contributed by atoms with Crippen LogP contribution in [0.5, 0.6) is 0 Å². The van der Waals surface area contributed by atoms with E-state index in [9.17, 15) is 23.1 Å². The number of aryl methyl sites for hydroxylation is 1. The van der Waals surface area contributed by atoms with Gasteiger partial charge < -0.3 is 10.4 Å². The van der Waals surface area contributed by atoms with Gasteiger partial charge in [-0.25, -0.2) is 13.1 Å². The number of hydrogen-bond donors (Lipinski definition) is 2. The smallest absolute Gasteiger partial charge is 0.320 e. The van der Waals surface area contributed by atoms with Crippen LogP contribution in [-0.4, -0.2) is 101 Å². The van der Waals surface area contributed by atoms with Gasteiger partial charge in [-0.1, -0.05) is 26.2 Å². The lowest BCUT2D eigenvalue weighted by molar-refractivity contribution is -0.144. The molecule has 5 rings (SSSR count). The number of aromatic nitrogens is 2. The number of carboxylic acids is 1. The van der Waals surface area contributed by atoms with Crippen molar-refractivity contribution >= 4 is 21.9 Å². The zero-order valence-corrected chi connectivity index (χ0v) is 27.9. The van der Waals surface area contributed by atoms with Crippen molar-refractivity contribution in [2.45, 2.75) is 102 Å². The largest absolute Gasteiger partial charge is 0.480 e. The lowest BCUT2D eigenvalue weighted by atomic mass is 9.86. The molecule has 1 unspecified atom stereocenters. The van der Waals surface area contributed by atoms with Crippen molar-refractivity contribution in [1.29, 1.82) is 0 Å². The second kappa shape index (κ2) is 14.7. The Labute approximate surface area is 268 Å². The van der Waals surface area contributed by atoms with Crippen LogP contribution < -0.4 is 5.32 Å². The van der Waals surface area contributed by atoms with E-state index in [0.29, 0.717) is 31.8 Å². The molecule has 3 aliphatic rings. The molecule has 1 atom stereocenters. The number of carbonyl (C=O) groups excluding carboxylic acids is 1. The van der Waals surface area contributed by atoms with Crippen molar-refractivity contribution < 1.29 is 23.1 Å². The Hall–Kier alpha value is -2.80. The van der Waals surface area contributed by atoms with Crippen molar-refractivity contribution in [3.8, 4) is 5.69 Å². The van der Waals surface area contributed by atoms with E-state index in [4.69, 9.17) is 5.10 Å². The molecule has 1 amide bonds. The molecule has 11 nitrogen and oxygen atoms in total. The minimum Gasteiger partial charge on any atom is -0.480 e. The average Bonchev–Trinajstić information content (AvgIpc) is 3.31. The van der Waals surface area contributed by atoms with Crippen LogP contribution in [0.1, 0.15) is 81.7 Å². The SMILES string of the molecule is CCC(C(=O)O)N1CCN(S(=O)(=O)c2ccc(-n3nc(C)c(CN4CCC(NC(=O)CC5CCCCC5)CC4)c3C)cc2)CC1. The summed E-state index contributed by atoms with van der Waals surface area (Å²) in [6, 6.07) is 6.52. The maximum absolute atomic E-state index is 13.4. The second-order valence-corrected chi connectivity index (χ2v) is 15.0. The highest BCUT2D eigenvalue weighted by atomic mass is 32.2. The Morgan fingerprint density at radius 3 is 2.20 bits per heavy atom. The van der Waals surface area contributed by atoms with Crippen LogP contribution in [0.2, 0.25) is 0 Å². The Kier molecular flexibility index (Phi) is 11.0. The van der Waals surface area contributed by atoms with Crippen molar-refractivity contribution in [2.75, 3.05) is 39.3 Å². The number of rotatable bonds is 11. The number of piperazine rings is 1. The van der Waals surface area contributed by atoms with Gasteiger partial charge in [0.15, 0.2) is 0 Å². The molecular formula is C33H50N6O5S. The summed E-state index contributed by atoms with van der Waals surface area (Å²) >= 11 is 0. The van der Waals surface area contributed by atoms with Gasteiger partial charge in [-0.3, -0.25) is 19.4 Å². The van der Waals surface area contributed by atoms with Crippen molar-refractivity contribution in [1.82, 2.24) is 29.2 Å². The minimum absolute atomic E-state index is 0.218. The summed E-state index contributed by atoms with van der Waals surface area (Å²) in [5, 5.41) is 17.6. The highest BCUT2D eigenvalue weighted by Gasteiger charge is 2.33. The Bertz CT molecular complexity index is 1420. The summed E-state index contributed by atoms with van der Waals surface area (Å²) < 4.78 is 30.1. The first-order valence-electron chi connectivity index (χ1n) is 16.7. The van der Waals surface area contributed by atoms with Crippen LogP contribution in [0.25, 0.3) is 5.69 Å².